The van der Waals surface area contributed by atoms with Gasteiger partial charge >= 0.3 is 0 Å². The van der Waals surface area contributed by atoms with Gasteiger partial charge in [-0.2, -0.15) is 0 Å². The lowest BCUT2D eigenvalue weighted by atomic mass is 9.84. The van der Waals surface area contributed by atoms with E-state index in [0.29, 0.717) is 5.75 Å². The van der Waals surface area contributed by atoms with E-state index in [1.165, 1.54) is 33.3 Å². The van der Waals surface area contributed by atoms with Gasteiger partial charge in [-0.15, -0.1) is 0 Å². The fourth-order valence-corrected chi connectivity index (χ4v) is 7.36. The van der Waals surface area contributed by atoms with Crippen LogP contribution in [0, 0.1) is 0 Å². The van der Waals surface area contributed by atoms with E-state index >= 15 is 0 Å². The van der Waals surface area contributed by atoms with E-state index in [1.54, 1.807) is 0 Å². The van der Waals surface area contributed by atoms with E-state index < -0.39 is 12.6 Å². The summed E-state index contributed by atoms with van der Waals surface area (Å²) >= 11 is 0. The molecule has 0 aromatic heterocycles. The number of anilines is 1. The maximum absolute atomic E-state index is 10.9. The molecule has 6 nitrogen and oxygen atoms in total. The number of hydrogen-bond acceptors (Lipinski definition) is 5. The van der Waals surface area contributed by atoms with Crippen LogP contribution >= 0.6 is 0 Å². The van der Waals surface area contributed by atoms with E-state index in [2.05, 4.69) is 101 Å². The zero-order valence-electron chi connectivity index (χ0n) is 26.4. The molecule has 0 saturated carbocycles. The number of likely N-dealkylation sites (N-methyl/N-ethyl adjacent to an activating group) is 2. The van der Waals surface area contributed by atoms with Gasteiger partial charge in [0.15, 0.2) is 5.54 Å². The maximum Gasteiger partial charge on any atom is 0.211 e. The van der Waals surface area contributed by atoms with Gasteiger partial charge < -0.3 is 24.3 Å². The lowest BCUT2D eigenvalue weighted by Gasteiger charge is -2.43. The van der Waals surface area contributed by atoms with Crippen molar-refractivity contribution in [3.8, 4) is 17.2 Å². The highest BCUT2D eigenvalue weighted by Gasteiger charge is 2.35. The molecular weight excluding hydrogens is 536 g/mol. The average molecular weight is 577 g/mol. The molecular formula is C37H40N2O4. The van der Waals surface area contributed by atoms with Crippen molar-refractivity contribution in [2.45, 2.75) is 66.5 Å². The molecule has 0 amide bonds. The van der Waals surface area contributed by atoms with Crippen LogP contribution in [-0.2, 0) is 4.79 Å². The summed E-state index contributed by atoms with van der Waals surface area (Å²) in [5.41, 5.74) is 8.95. The highest BCUT2D eigenvalue weighted by molar-refractivity contribution is 5.91. The quantitative estimate of drug-likeness (QED) is 0.306. The predicted molar refractivity (Wildman–Crippen MR) is 171 cm³/mol. The van der Waals surface area contributed by atoms with E-state index in [1.807, 2.05) is 24.3 Å². The highest BCUT2D eigenvalue weighted by Crippen LogP contribution is 2.46. The van der Waals surface area contributed by atoms with Crippen LogP contribution in [0.2, 0.25) is 0 Å². The Bertz CT molecular complexity index is 1860. The molecule has 3 aromatic carbocycles. The molecule has 0 fully saturated rings. The Labute approximate surface area is 253 Å². The fourth-order valence-electron chi connectivity index (χ4n) is 7.36. The van der Waals surface area contributed by atoms with Gasteiger partial charge in [0.05, 0.1) is 17.6 Å². The number of aliphatic carboxylic acids is 1. The lowest BCUT2D eigenvalue weighted by molar-refractivity contribution is -0.307. The standard InChI is InChI=1S/C37H40N2O4/c1-9-38-30-17-32-28(15-26(30)22(3)19-36(38,5)6)35(24-11-13-25(14-12-24)42-21-34(40)41)29-16-27-23(4)20-37(7,8)39(10-2)31(27)18-33(29)43-32/h11-20H,9-10,21H2,1-8H3. The van der Waals surface area contributed by atoms with Gasteiger partial charge in [0.25, 0.3) is 0 Å². The average Bonchev–Trinajstić information content (AvgIpc) is 2.93. The zero-order valence-corrected chi connectivity index (χ0v) is 26.4. The van der Waals surface area contributed by atoms with Crippen LogP contribution in [0.25, 0.3) is 16.7 Å². The summed E-state index contributed by atoms with van der Waals surface area (Å²) in [7, 11) is 0. The number of carbonyl (C=O) groups excluding carboxylic acids is 1. The summed E-state index contributed by atoms with van der Waals surface area (Å²) in [5.74, 6) is 0.887. The molecule has 0 saturated heterocycles. The largest absolute Gasteiger partial charge is 0.546 e. The van der Waals surface area contributed by atoms with Gasteiger partial charge in [-0.05, 0) is 88.6 Å². The molecule has 6 rings (SSSR count). The molecule has 0 spiro atoms. The van der Waals surface area contributed by atoms with Crippen molar-refractivity contribution in [2.75, 3.05) is 24.6 Å². The lowest BCUT2D eigenvalue weighted by Crippen LogP contribution is -2.49. The third-order valence-electron chi connectivity index (χ3n) is 9.05. The number of hydrogen-bond donors (Lipinski definition) is 0. The van der Waals surface area contributed by atoms with Crippen molar-refractivity contribution in [2.24, 2.45) is 0 Å². The van der Waals surface area contributed by atoms with E-state index in [4.69, 9.17) is 9.47 Å². The van der Waals surface area contributed by atoms with Crippen molar-refractivity contribution in [3.63, 3.8) is 0 Å². The molecule has 0 atom stereocenters. The third kappa shape index (κ3) is 4.73. The normalized spacial score (nSPS) is 17.5. The number of allylic oxidation sites excluding steroid dienone is 2. The fraction of sp³-hybridized carbons (Fsp3) is 0.351. The van der Waals surface area contributed by atoms with Crippen LogP contribution in [-0.4, -0.2) is 36.7 Å². The molecule has 0 N–H and O–H groups in total. The molecule has 6 heteroatoms. The first-order valence-corrected chi connectivity index (χ1v) is 15.1. The Morgan fingerprint density at radius 1 is 0.907 bits per heavy atom. The summed E-state index contributed by atoms with van der Waals surface area (Å²) in [5, 5.41) is 13.2. The summed E-state index contributed by atoms with van der Waals surface area (Å²) in [6.07, 6.45) is 4.69. The Hall–Kier alpha value is -4.32. The topological polar surface area (TPSA) is 64.8 Å². The second-order valence-corrected chi connectivity index (χ2v) is 12.8. The summed E-state index contributed by atoms with van der Waals surface area (Å²) in [4.78, 5) is 13.4. The Morgan fingerprint density at radius 3 is 2.26 bits per heavy atom. The molecule has 0 aliphatic carbocycles. The third-order valence-corrected chi connectivity index (χ3v) is 9.05. The SMILES string of the molecule is CCN1c2cc3c(cc2C(C)=CC1(C)C)C(c1ccc(OCC(=O)[O-])cc1)=c1cc2c(cc1O3)=[N+](CC)C(C)(C)C=C2C. The number of carboxylic acid groups (broad SMARTS) is 1. The minimum absolute atomic E-state index is 0.114. The number of carboxylic acids is 1. The van der Waals surface area contributed by atoms with Crippen LogP contribution < -0.4 is 34.6 Å². The molecule has 3 heterocycles. The van der Waals surface area contributed by atoms with Crippen LogP contribution in [0.4, 0.5) is 5.69 Å². The minimum Gasteiger partial charge on any atom is -0.546 e. The second-order valence-electron chi connectivity index (χ2n) is 12.8. The number of ether oxygens (including phenoxy) is 2. The molecule has 3 aliphatic rings. The van der Waals surface area contributed by atoms with Crippen LogP contribution in [0.15, 0.2) is 60.7 Å². The van der Waals surface area contributed by atoms with Gasteiger partial charge in [0.2, 0.25) is 5.36 Å². The Morgan fingerprint density at radius 2 is 1.60 bits per heavy atom. The molecule has 222 valence electrons. The Kier molecular flexibility index (Phi) is 6.79. The number of nitrogens with zero attached hydrogens (tertiary/aromatic N) is 2. The molecule has 3 aromatic rings. The first-order chi connectivity index (χ1) is 20.3. The van der Waals surface area contributed by atoms with E-state index in [-0.39, 0.29) is 11.1 Å². The van der Waals surface area contributed by atoms with Crippen LogP contribution in [0.1, 0.15) is 77.6 Å². The first kappa shape index (κ1) is 28.8. The van der Waals surface area contributed by atoms with E-state index in [9.17, 15) is 9.90 Å². The summed E-state index contributed by atoms with van der Waals surface area (Å²) in [6.45, 7) is 19.0. The minimum atomic E-state index is -1.25. The number of benzene rings is 3. The second kappa shape index (κ2) is 10.1. The molecule has 0 unspecified atom stereocenters. The molecule has 0 bridgehead atoms. The van der Waals surface area contributed by atoms with Crippen molar-refractivity contribution in [1.82, 2.24) is 4.58 Å². The number of rotatable bonds is 6. The number of fused-ring (bicyclic) bond motifs is 4. The molecule has 43 heavy (non-hydrogen) atoms. The van der Waals surface area contributed by atoms with Crippen molar-refractivity contribution >= 4 is 28.4 Å². The van der Waals surface area contributed by atoms with Crippen molar-refractivity contribution < 1.29 is 19.4 Å². The van der Waals surface area contributed by atoms with Gasteiger partial charge in [-0.25, -0.2) is 4.58 Å². The predicted octanol–water partition coefficient (Wildman–Crippen LogP) is 4.90. The summed E-state index contributed by atoms with van der Waals surface area (Å²) < 4.78 is 14.7. The van der Waals surface area contributed by atoms with Crippen LogP contribution in [0.3, 0.4) is 0 Å². The zero-order chi connectivity index (χ0) is 30.8. The van der Waals surface area contributed by atoms with Gasteiger partial charge in [-0.3, -0.25) is 0 Å². The van der Waals surface area contributed by atoms with Crippen molar-refractivity contribution in [3.05, 3.63) is 93.5 Å². The van der Waals surface area contributed by atoms with Gasteiger partial charge in [0.1, 0.15) is 30.4 Å². The van der Waals surface area contributed by atoms with Crippen molar-refractivity contribution in [1.29, 1.82) is 0 Å². The molecule has 3 aliphatic heterocycles. The highest BCUT2D eigenvalue weighted by atomic mass is 16.5. The van der Waals surface area contributed by atoms with Gasteiger partial charge in [0, 0.05) is 59.6 Å². The molecule has 0 radical (unpaired) electrons. The van der Waals surface area contributed by atoms with E-state index in [0.717, 1.165) is 46.5 Å². The monoisotopic (exact) mass is 576 g/mol. The smallest absolute Gasteiger partial charge is 0.211 e. The maximum atomic E-state index is 10.9. The van der Waals surface area contributed by atoms with Gasteiger partial charge in [-0.1, -0.05) is 18.2 Å². The summed E-state index contributed by atoms with van der Waals surface area (Å²) in [6, 6.07) is 16.6. The number of carbonyl (C=O) groups is 1. The Balaban J connectivity index is 1.66. The van der Waals surface area contributed by atoms with Crippen LogP contribution in [0.5, 0.6) is 17.2 Å². The first-order valence-electron chi connectivity index (χ1n) is 15.1.